The molecule has 1 aromatic rings. The van der Waals surface area contributed by atoms with E-state index in [1.807, 2.05) is 6.92 Å². The van der Waals surface area contributed by atoms with Gasteiger partial charge >= 0.3 is 18.1 Å². The van der Waals surface area contributed by atoms with Gasteiger partial charge in [-0.1, -0.05) is 29.8 Å². The van der Waals surface area contributed by atoms with Crippen molar-refractivity contribution in [1.29, 1.82) is 0 Å². The highest BCUT2D eigenvalue weighted by Gasteiger charge is 2.38. The second-order valence-electron chi connectivity index (χ2n) is 4.41. The third-order valence-electron chi connectivity index (χ3n) is 2.74. The first kappa shape index (κ1) is 16.0. The largest absolute Gasteiger partial charge is 0.481 e. The van der Waals surface area contributed by atoms with E-state index in [1.165, 1.54) is 0 Å². The van der Waals surface area contributed by atoms with Crippen molar-refractivity contribution in [1.82, 2.24) is 5.32 Å². The van der Waals surface area contributed by atoms with Crippen LogP contribution in [0.5, 0.6) is 0 Å². The van der Waals surface area contributed by atoms with Crippen LogP contribution < -0.4 is 5.32 Å². The maximum atomic E-state index is 12.1. The minimum absolute atomic E-state index is 0.360. The highest BCUT2D eigenvalue weighted by molar-refractivity contribution is 5.81. The zero-order valence-corrected chi connectivity index (χ0v) is 10.7. The van der Waals surface area contributed by atoms with E-state index in [0.29, 0.717) is 5.56 Å². The Morgan fingerprint density at radius 1 is 1.25 bits per heavy atom. The Hall–Kier alpha value is -2.05. The average molecular weight is 289 g/mol. The van der Waals surface area contributed by atoms with Gasteiger partial charge in [-0.05, 0) is 12.5 Å². The normalized spacial score (nSPS) is 12.8. The predicted molar refractivity (Wildman–Crippen MR) is 65.2 cm³/mol. The molecule has 0 saturated carbocycles. The standard InChI is InChI=1S/C13H14F3NO3/c1-8-2-4-9(5-3-8)10(6-11(18)19)7-17-12(20)13(14,15)16/h2-5,10H,6-7H2,1H3,(H,17,20)(H,18,19). The molecule has 20 heavy (non-hydrogen) atoms. The molecule has 1 unspecified atom stereocenters. The molecule has 0 aliphatic carbocycles. The van der Waals surface area contributed by atoms with Crippen molar-refractivity contribution in [2.24, 2.45) is 0 Å². The summed E-state index contributed by atoms with van der Waals surface area (Å²) >= 11 is 0. The lowest BCUT2D eigenvalue weighted by molar-refractivity contribution is -0.173. The van der Waals surface area contributed by atoms with E-state index in [0.717, 1.165) is 5.56 Å². The van der Waals surface area contributed by atoms with Gasteiger partial charge in [-0.15, -0.1) is 0 Å². The number of amides is 1. The minimum atomic E-state index is -4.97. The Balaban J connectivity index is 2.77. The summed E-state index contributed by atoms with van der Waals surface area (Å²) in [5.41, 5.74) is 1.52. The van der Waals surface area contributed by atoms with E-state index in [9.17, 15) is 22.8 Å². The number of hydrogen-bond acceptors (Lipinski definition) is 2. The number of carbonyl (C=O) groups is 2. The lowest BCUT2D eigenvalue weighted by Gasteiger charge is -2.17. The summed E-state index contributed by atoms with van der Waals surface area (Å²) in [5.74, 6) is -3.92. The van der Waals surface area contributed by atoms with Gasteiger partial charge in [0.1, 0.15) is 0 Å². The number of carbonyl (C=O) groups excluding carboxylic acids is 1. The molecule has 0 bridgehead atoms. The first-order valence-electron chi connectivity index (χ1n) is 5.83. The molecule has 0 aliphatic rings. The van der Waals surface area contributed by atoms with Gasteiger partial charge in [-0.2, -0.15) is 13.2 Å². The Kier molecular flexibility index (Phi) is 5.12. The summed E-state index contributed by atoms with van der Waals surface area (Å²) in [6, 6.07) is 6.75. The summed E-state index contributed by atoms with van der Waals surface area (Å²) < 4.78 is 36.3. The van der Waals surface area contributed by atoms with Gasteiger partial charge in [0, 0.05) is 12.5 Å². The summed E-state index contributed by atoms with van der Waals surface area (Å²) in [6.45, 7) is 1.45. The second-order valence-corrected chi connectivity index (χ2v) is 4.41. The van der Waals surface area contributed by atoms with Crippen molar-refractivity contribution in [3.63, 3.8) is 0 Å². The van der Waals surface area contributed by atoms with E-state index in [2.05, 4.69) is 0 Å². The monoisotopic (exact) mass is 289 g/mol. The maximum Gasteiger partial charge on any atom is 0.471 e. The van der Waals surface area contributed by atoms with Crippen LogP contribution in [0.3, 0.4) is 0 Å². The van der Waals surface area contributed by atoms with E-state index >= 15 is 0 Å². The van der Waals surface area contributed by atoms with Crippen LogP contribution >= 0.6 is 0 Å². The molecule has 1 aromatic carbocycles. The van der Waals surface area contributed by atoms with Crippen molar-refractivity contribution >= 4 is 11.9 Å². The molecule has 0 aliphatic heterocycles. The average Bonchev–Trinajstić information content (AvgIpc) is 2.33. The lowest BCUT2D eigenvalue weighted by Crippen LogP contribution is -2.39. The first-order chi connectivity index (χ1) is 9.20. The molecule has 0 radical (unpaired) electrons. The van der Waals surface area contributed by atoms with Gasteiger partial charge < -0.3 is 10.4 Å². The Morgan fingerprint density at radius 2 is 1.80 bits per heavy atom. The highest BCUT2D eigenvalue weighted by Crippen LogP contribution is 2.21. The fourth-order valence-electron chi connectivity index (χ4n) is 1.67. The van der Waals surface area contributed by atoms with Crippen molar-refractivity contribution in [3.8, 4) is 0 Å². The first-order valence-corrected chi connectivity index (χ1v) is 5.83. The summed E-state index contributed by atoms with van der Waals surface area (Å²) in [4.78, 5) is 21.5. The fourth-order valence-corrected chi connectivity index (χ4v) is 1.67. The Morgan fingerprint density at radius 3 is 2.25 bits per heavy atom. The SMILES string of the molecule is Cc1ccc(C(CNC(=O)C(F)(F)F)CC(=O)O)cc1. The molecule has 1 amide bonds. The van der Waals surface area contributed by atoms with Gasteiger partial charge in [-0.25, -0.2) is 0 Å². The second kappa shape index (κ2) is 6.40. The van der Waals surface area contributed by atoms with Crippen LogP contribution in [-0.2, 0) is 9.59 Å². The number of carboxylic acids is 1. The van der Waals surface area contributed by atoms with Crippen molar-refractivity contribution in [2.75, 3.05) is 6.54 Å². The number of alkyl halides is 3. The molecular formula is C13H14F3NO3. The topological polar surface area (TPSA) is 66.4 Å². The third kappa shape index (κ3) is 4.91. The van der Waals surface area contributed by atoms with Gasteiger partial charge in [0.05, 0.1) is 6.42 Å². The lowest BCUT2D eigenvalue weighted by atomic mass is 9.95. The Bertz CT molecular complexity index is 483. The van der Waals surface area contributed by atoms with Crippen LogP contribution in [0.4, 0.5) is 13.2 Å². The summed E-state index contributed by atoms with van der Waals surface area (Å²) in [7, 11) is 0. The number of hydrogen-bond donors (Lipinski definition) is 2. The van der Waals surface area contributed by atoms with Crippen LogP contribution in [-0.4, -0.2) is 29.7 Å². The molecular weight excluding hydrogens is 275 g/mol. The van der Waals surface area contributed by atoms with Gasteiger partial charge in [0.15, 0.2) is 0 Å². The van der Waals surface area contributed by atoms with E-state index in [-0.39, 0.29) is 13.0 Å². The van der Waals surface area contributed by atoms with Crippen LogP contribution in [0.15, 0.2) is 24.3 Å². The minimum Gasteiger partial charge on any atom is -0.481 e. The zero-order chi connectivity index (χ0) is 15.3. The van der Waals surface area contributed by atoms with Crippen LogP contribution in [0.25, 0.3) is 0 Å². The molecule has 1 atom stereocenters. The zero-order valence-electron chi connectivity index (χ0n) is 10.7. The molecule has 1 rings (SSSR count). The molecule has 4 nitrogen and oxygen atoms in total. The van der Waals surface area contributed by atoms with E-state index < -0.39 is 24.0 Å². The molecule has 0 heterocycles. The third-order valence-corrected chi connectivity index (χ3v) is 2.74. The quantitative estimate of drug-likeness (QED) is 0.873. The van der Waals surface area contributed by atoms with Crippen molar-refractivity contribution in [2.45, 2.75) is 25.4 Å². The molecule has 7 heteroatoms. The number of nitrogens with one attached hydrogen (secondary N) is 1. The summed E-state index contributed by atoms with van der Waals surface area (Å²) in [6.07, 6.45) is -5.33. The van der Waals surface area contributed by atoms with E-state index in [4.69, 9.17) is 5.11 Å². The van der Waals surface area contributed by atoms with E-state index in [1.54, 1.807) is 29.6 Å². The van der Waals surface area contributed by atoms with Crippen LogP contribution in [0.2, 0.25) is 0 Å². The molecule has 0 fully saturated rings. The molecule has 0 spiro atoms. The van der Waals surface area contributed by atoms with Crippen molar-refractivity contribution < 1.29 is 27.9 Å². The maximum absolute atomic E-state index is 12.1. The molecule has 110 valence electrons. The molecule has 0 saturated heterocycles. The Labute approximate surface area is 113 Å². The summed E-state index contributed by atoms with van der Waals surface area (Å²) in [5, 5.41) is 10.5. The predicted octanol–water partition coefficient (Wildman–Crippen LogP) is 2.23. The molecule has 0 aromatic heterocycles. The number of halogens is 3. The number of benzene rings is 1. The fraction of sp³-hybridized carbons (Fsp3) is 0.385. The highest BCUT2D eigenvalue weighted by atomic mass is 19.4. The molecule has 2 N–H and O–H groups in total. The van der Waals surface area contributed by atoms with Crippen LogP contribution in [0, 0.1) is 6.92 Å². The van der Waals surface area contributed by atoms with Crippen molar-refractivity contribution in [3.05, 3.63) is 35.4 Å². The van der Waals surface area contributed by atoms with Crippen LogP contribution in [0.1, 0.15) is 23.5 Å². The number of carboxylic acid groups (broad SMARTS) is 1. The number of aliphatic carboxylic acids is 1. The number of aryl methyl sites for hydroxylation is 1. The van der Waals surface area contributed by atoms with Gasteiger partial charge in [-0.3, -0.25) is 9.59 Å². The van der Waals surface area contributed by atoms with Gasteiger partial charge in [0.2, 0.25) is 0 Å². The number of rotatable bonds is 5. The van der Waals surface area contributed by atoms with Gasteiger partial charge in [0.25, 0.3) is 0 Å². The smallest absolute Gasteiger partial charge is 0.471 e.